The number of phosphoric acid groups is 1. The highest BCUT2D eigenvalue weighted by Gasteiger charge is 2.55. The van der Waals surface area contributed by atoms with Gasteiger partial charge in [0.05, 0.1) is 31.6 Å². The van der Waals surface area contributed by atoms with Crippen molar-refractivity contribution in [1.82, 2.24) is 38.6 Å². The van der Waals surface area contributed by atoms with Crippen LogP contribution < -0.4 is 11.3 Å². The number of nitrogens with two attached hydrogens (primary N) is 1. The van der Waals surface area contributed by atoms with Gasteiger partial charge in [0.2, 0.25) is 0 Å². The number of nitrogen functional groups attached to an aromatic ring is 1. The topological polar surface area (TPSA) is 246 Å². The molecule has 19 nitrogen and oxygen atoms in total. The Morgan fingerprint density at radius 3 is 2.52 bits per heavy atom. The Labute approximate surface area is 250 Å². The first-order chi connectivity index (χ1) is 20.8. The summed E-state index contributed by atoms with van der Waals surface area (Å²) in [6.45, 7) is -4.86. The molecule has 23 heteroatoms. The molecule has 4 aromatic rings. The van der Waals surface area contributed by atoms with Crippen LogP contribution >= 0.6 is 14.5 Å². The molecule has 1 aliphatic carbocycles. The minimum atomic E-state index is -5.12. The molecule has 0 aromatic carbocycles. The summed E-state index contributed by atoms with van der Waals surface area (Å²) in [6.07, 6.45) is -6.65. The SMILES string of the molecule is Cn1cnc2c(ncn2[C@@H]2C[C@@H]3OP(=O)(O)O[C@H]4[C@@H](F)[C@H](n5cnc6c(N)ncnc65)O[C@@H]4COP(O)(=S)O[C@@H]2[C@H]3O)c1=O. The third kappa shape index (κ3) is 4.97. The number of ether oxygens (including phenoxy) is 1. The fourth-order valence-electron chi connectivity index (χ4n) is 5.63. The van der Waals surface area contributed by atoms with E-state index in [1.54, 1.807) is 0 Å². The Balaban J connectivity index is 1.22. The predicted octanol–water partition coefficient (Wildman–Crippen LogP) is -0.404. The number of phosphoric ester groups is 1. The molecule has 1 saturated carbocycles. The molecule has 0 spiro atoms. The highest BCUT2D eigenvalue weighted by atomic mass is 32.5. The molecule has 2 aliphatic heterocycles. The predicted molar refractivity (Wildman–Crippen MR) is 148 cm³/mol. The lowest BCUT2D eigenvalue weighted by molar-refractivity contribution is -0.0611. The van der Waals surface area contributed by atoms with Crippen LogP contribution in [-0.2, 0) is 46.3 Å². The van der Waals surface area contributed by atoms with Crippen molar-refractivity contribution in [2.24, 2.45) is 7.05 Å². The Morgan fingerprint density at radius 1 is 1.00 bits per heavy atom. The van der Waals surface area contributed by atoms with Gasteiger partial charge in [0.25, 0.3) is 5.56 Å². The van der Waals surface area contributed by atoms with Crippen LogP contribution in [0.5, 0.6) is 0 Å². The van der Waals surface area contributed by atoms with Crippen molar-refractivity contribution in [3.63, 3.8) is 0 Å². The minimum Gasteiger partial charge on any atom is -0.388 e. The van der Waals surface area contributed by atoms with Crippen molar-refractivity contribution < 1.29 is 46.7 Å². The Kier molecular flexibility index (Phi) is 7.22. The molecular weight excluding hydrogens is 651 g/mol. The van der Waals surface area contributed by atoms with Crippen LogP contribution in [-0.4, -0.2) is 96.8 Å². The zero-order valence-electron chi connectivity index (χ0n) is 22.4. The summed E-state index contributed by atoms with van der Waals surface area (Å²) < 4.78 is 60.7. The van der Waals surface area contributed by atoms with Crippen molar-refractivity contribution in [1.29, 1.82) is 0 Å². The summed E-state index contributed by atoms with van der Waals surface area (Å²) in [5, 5.41) is 11.1. The van der Waals surface area contributed by atoms with E-state index in [0.29, 0.717) is 0 Å². The fourth-order valence-corrected chi connectivity index (χ4v) is 8.25. The summed E-state index contributed by atoms with van der Waals surface area (Å²) in [7, 11) is -3.63. The summed E-state index contributed by atoms with van der Waals surface area (Å²) in [4.78, 5) is 54.6. The zero-order chi connectivity index (χ0) is 31.1. The standard InChI is InChI=1S/C21H24FN9O10P2S/c1-29-5-28-19-13(20(29)33)27-6-30(19)8-2-9-14(32)15(8)41-43(36,44)37-3-10-16(40-42(34,35)39-9)11(22)21(38-10)31-7-26-12-17(23)24-4-25-18(12)31/h4-11,14-16,21,32H,2-3H2,1H3,(H,34,35)(H,36,44)(H2,23,24,25)/t8-,9+,10-,11-,14+,15+,16-,21-,43?/m1/s1. The molecule has 2 bridgehead atoms. The number of hydrogen-bond donors (Lipinski definition) is 4. The van der Waals surface area contributed by atoms with Crippen LogP contribution in [0.4, 0.5) is 10.2 Å². The normalized spacial score (nSPS) is 38.0. The second kappa shape index (κ2) is 10.6. The van der Waals surface area contributed by atoms with Gasteiger partial charge < -0.3 is 43.5 Å². The van der Waals surface area contributed by atoms with E-state index in [1.807, 2.05) is 0 Å². The molecule has 6 heterocycles. The highest BCUT2D eigenvalue weighted by Crippen LogP contribution is 2.57. The number of imidazole rings is 2. The van der Waals surface area contributed by atoms with Crippen LogP contribution in [0.15, 0.2) is 30.1 Å². The third-order valence-electron chi connectivity index (χ3n) is 7.68. The lowest BCUT2D eigenvalue weighted by atomic mass is 10.1. The second-order valence-corrected chi connectivity index (χ2v) is 14.5. The van der Waals surface area contributed by atoms with Crippen LogP contribution in [0.1, 0.15) is 18.7 Å². The van der Waals surface area contributed by atoms with Gasteiger partial charge in [-0.25, -0.2) is 33.9 Å². The van der Waals surface area contributed by atoms with Crippen LogP contribution in [0.25, 0.3) is 22.3 Å². The van der Waals surface area contributed by atoms with Crippen molar-refractivity contribution >= 4 is 54.5 Å². The molecule has 0 amide bonds. The number of fused-ring (bicyclic) bond motifs is 5. The van der Waals surface area contributed by atoms with E-state index in [1.165, 1.54) is 39.7 Å². The number of rotatable bonds is 2. The Morgan fingerprint density at radius 2 is 1.73 bits per heavy atom. The lowest BCUT2D eigenvalue weighted by Crippen LogP contribution is -2.37. The number of aliphatic hydroxyl groups excluding tert-OH is 1. The molecule has 2 unspecified atom stereocenters. The van der Waals surface area contributed by atoms with Crippen molar-refractivity contribution in [3.8, 4) is 0 Å². The van der Waals surface area contributed by atoms with E-state index in [4.69, 9.17) is 40.4 Å². The van der Waals surface area contributed by atoms with Gasteiger partial charge in [0.15, 0.2) is 35.0 Å². The molecule has 3 fully saturated rings. The molecule has 5 N–H and O–H groups in total. The maximum Gasteiger partial charge on any atom is 0.473 e. The Hall–Kier alpha value is -2.81. The largest absolute Gasteiger partial charge is 0.473 e. The highest BCUT2D eigenvalue weighted by molar-refractivity contribution is 8.07. The zero-order valence-corrected chi connectivity index (χ0v) is 25.0. The maximum absolute atomic E-state index is 16.0. The van der Waals surface area contributed by atoms with Gasteiger partial charge >= 0.3 is 14.5 Å². The number of aryl methyl sites for hydroxylation is 1. The van der Waals surface area contributed by atoms with Crippen LogP contribution in [0.3, 0.4) is 0 Å². The van der Waals surface area contributed by atoms with Gasteiger partial charge in [-0.15, -0.1) is 0 Å². The minimum absolute atomic E-state index is 0.00899. The number of hydrogen-bond acceptors (Lipinski definition) is 15. The quantitative estimate of drug-likeness (QED) is 0.197. The van der Waals surface area contributed by atoms with E-state index < -0.39 is 75.7 Å². The number of nitrogens with zero attached hydrogens (tertiary/aromatic N) is 8. The van der Waals surface area contributed by atoms with E-state index in [-0.39, 0.29) is 34.6 Å². The summed E-state index contributed by atoms with van der Waals surface area (Å²) >= 11 is 5.21. The molecule has 7 rings (SSSR count). The van der Waals surface area contributed by atoms with Gasteiger partial charge in [-0.3, -0.25) is 18.4 Å². The van der Waals surface area contributed by atoms with Gasteiger partial charge in [-0.2, -0.15) is 0 Å². The van der Waals surface area contributed by atoms with E-state index in [2.05, 4.69) is 24.9 Å². The number of aliphatic hydroxyl groups is 1. The van der Waals surface area contributed by atoms with E-state index in [9.17, 15) is 24.3 Å². The molecule has 3 aliphatic rings. The first-order valence-corrected chi connectivity index (χ1v) is 17.1. The second-order valence-electron chi connectivity index (χ2n) is 10.4. The van der Waals surface area contributed by atoms with Gasteiger partial charge in [0, 0.05) is 13.5 Å². The monoisotopic (exact) mass is 675 g/mol. The molecule has 4 aromatic heterocycles. The first-order valence-electron chi connectivity index (χ1n) is 13.0. The van der Waals surface area contributed by atoms with Gasteiger partial charge in [0.1, 0.15) is 42.4 Å². The molecule has 236 valence electrons. The number of anilines is 1. The molecule has 0 radical (unpaired) electrons. The van der Waals surface area contributed by atoms with Gasteiger partial charge in [-0.05, 0) is 11.8 Å². The first kappa shape index (κ1) is 29.9. The fraction of sp³-hybridized carbons (Fsp3) is 0.524. The number of alkyl halides is 1. The van der Waals surface area contributed by atoms with E-state index in [0.717, 1.165) is 6.33 Å². The average molecular weight is 675 g/mol. The van der Waals surface area contributed by atoms with Crippen LogP contribution in [0, 0.1) is 0 Å². The lowest BCUT2D eigenvalue weighted by Gasteiger charge is -2.30. The third-order valence-corrected chi connectivity index (χ3v) is 10.3. The molecule has 10 atom stereocenters. The van der Waals surface area contributed by atoms with Crippen LogP contribution in [0.2, 0.25) is 0 Å². The Bertz CT molecular complexity index is 1930. The number of aromatic nitrogens is 8. The van der Waals surface area contributed by atoms with E-state index >= 15 is 4.39 Å². The van der Waals surface area contributed by atoms with Crippen molar-refractivity contribution in [3.05, 3.63) is 35.7 Å². The maximum atomic E-state index is 16.0. The summed E-state index contributed by atoms with van der Waals surface area (Å²) in [6, 6.07) is -0.962. The van der Waals surface area contributed by atoms with Crippen molar-refractivity contribution in [2.75, 3.05) is 12.3 Å². The number of halogens is 1. The summed E-state index contributed by atoms with van der Waals surface area (Å²) in [5.74, 6) is 0.0356. The molecule has 44 heavy (non-hydrogen) atoms. The van der Waals surface area contributed by atoms with Crippen molar-refractivity contribution in [2.45, 2.75) is 55.4 Å². The van der Waals surface area contributed by atoms with Gasteiger partial charge in [-0.1, -0.05) is 0 Å². The average Bonchev–Trinajstić information content (AvgIpc) is 3.72. The smallest absolute Gasteiger partial charge is 0.388 e. The molecular formula is C21H24FN9O10P2S. The summed E-state index contributed by atoms with van der Waals surface area (Å²) in [5.41, 5.74) is 5.79. The molecule has 2 saturated heterocycles.